The Morgan fingerprint density at radius 2 is 1.77 bits per heavy atom. The fraction of sp³-hybridized carbons (Fsp3) is 0.324. The number of nitrogens with zero attached hydrogens (tertiary/aromatic N) is 4. The summed E-state index contributed by atoms with van der Waals surface area (Å²) < 4.78 is 54.9. The van der Waals surface area contributed by atoms with Crippen LogP contribution in [0, 0.1) is 34.9 Å². The summed E-state index contributed by atoms with van der Waals surface area (Å²) in [7, 11) is 1.21. The molecule has 270 valence electrons. The van der Waals surface area contributed by atoms with E-state index < -0.39 is 82.1 Å². The van der Waals surface area contributed by atoms with Gasteiger partial charge in [-0.15, -0.1) is 6.58 Å². The number of phenolic OH excluding ortho intramolecular Hbond substituents is 1. The quantitative estimate of drug-likeness (QED) is 0.160. The van der Waals surface area contributed by atoms with Gasteiger partial charge >= 0.3 is 6.18 Å². The van der Waals surface area contributed by atoms with Crippen LogP contribution in [0.25, 0.3) is 0 Å². The number of rotatable bonds is 6. The Balaban J connectivity index is 1.35. The van der Waals surface area contributed by atoms with Crippen LogP contribution in [0.1, 0.15) is 42.5 Å². The van der Waals surface area contributed by atoms with Crippen LogP contribution in [0.3, 0.4) is 0 Å². The number of alkyl halides is 3. The van der Waals surface area contributed by atoms with Gasteiger partial charge in [-0.3, -0.25) is 24.2 Å². The zero-order valence-electron chi connectivity index (χ0n) is 27.6. The van der Waals surface area contributed by atoms with E-state index in [4.69, 9.17) is 23.2 Å². The van der Waals surface area contributed by atoms with E-state index in [1.165, 1.54) is 19.2 Å². The standard InChI is InChI=1S/C37H30Cl2F4N4O5/c1-4-6-17-7-5-8-21(30(17)48)29-19-10-11-20-28(34(51)47(32(20)49)45(3)31-24(38)12-14-27(44-31)37(41,42)43)22(19)16-23-33(50)46(35(52)36(23,29)2)18-9-13-26(40)25(39)15-18/h4-5,7-10,12-15,20,22-23,28-29,48H,1,6,11,16H2,2-3H3. The highest BCUT2D eigenvalue weighted by Gasteiger charge is 2.68. The molecule has 1 aromatic heterocycles. The highest BCUT2D eigenvalue weighted by molar-refractivity contribution is 6.33. The van der Waals surface area contributed by atoms with E-state index in [9.17, 15) is 41.8 Å². The van der Waals surface area contributed by atoms with Gasteiger partial charge in [0.05, 0.1) is 38.9 Å². The van der Waals surface area contributed by atoms with Crippen molar-refractivity contribution in [1.29, 1.82) is 0 Å². The molecule has 6 unspecified atom stereocenters. The van der Waals surface area contributed by atoms with E-state index in [1.807, 2.05) is 0 Å². The Kier molecular flexibility index (Phi) is 8.53. The second-order valence-corrected chi connectivity index (χ2v) is 14.4. The first-order valence-corrected chi connectivity index (χ1v) is 17.1. The number of anilines is 2. The lowest BCUT2D eigenvalue weighted by Gasteiger charge is -2.49. The lowest BCUT2D eigenvalue weighted by atomic mass is 9.51. The first kappa shape index (κ1) is 35.6. The molecular weight excluding hydrogens is 727 g/mol. The average molecular weight is 758 g/mol. The maximum Gasteiger partial charge on any atom is 0.433 e. The van der Waals surface area contributed by atoms with Crippen LogP contribution in [0.5, 0.6) is 5.75 Å². The molecule has 52 heavy (non-hydrogen) atoms. The Bertz CT molecular complexity index is 2130. The molecule has 9 nitrogen and oxygen atoms in total. The SMILES string of the molecule is C=CCc1cccc(C2C3=CCC4C(=O)N(N(C)c5nc(C(F)(F)F)ccc5Cl)C(=O)C4C3CC3C(=O)N(c4ccc(F)c(Cl)c4)C(=O)C32C)c1O. The van der Waals surface area contributed by atoms with Crippen LogP contribution >= 0.6 is 23.2 Å². The number of hydrazine groups is 1. The van der Waals surface area contributed by atoms with Crippen LogP contribution in [-0.4, -0.2) is 45.8 Å². The predicted molar refractivity (Wildman–Crippen MR) is 183 cm³/mol. The molecule has 7 rings (SSSR count). The third-order valence-electron chi connectivity index (χ3n) is 11.0. The number of halogens is 6. The first-order valence-electron chi connectivity index (χ1n) is 16.3. The van der Waals surface area contributed by atoms with Gasteiger partial charge in [0.1, 0.15) is 17.3 Å². The summed E-state index contributed by atoms with van der Waals surface area (Å²) in [4.78, 5) is 62.0. The number of carbonyl (C=O) groups is 4. The molecular formula is C37H30Cl2F4N4O5. The molecule has 6 atom stereocenters. The number of phenols is 1. The minimum Gasteiger partial charge on any atom is -0.507 e. The lowest BCUT2D eigenvalue weighted by Crippen LogP contribution is -2.49. The third-order valence-corrected chi connectivity index (χ3v) is 11.5. The van der Waals surface area contributed by atoms with Crippen molar-refractivity contribution < 1.29 is 41.8 Å². The highest BCUT2D eigenvalue weighted by atomic mass is 35.5. The number of amides is 4. The van der Waals surface area contributed by atoms with Gasteiger partial charge in [-0.1, -0.05) is 59.1 Å². The lowest BCUT2D eigenvalue weighted by molar-refractivity contribution is -0.141. The van der Waals surface area contributed by atoms with Gasteiger partial charge < -0.3 is 5.11 Å². The molecule has 2 aliphatic heterocycles. The first-order chi connectivity index (χ1) is 24.5. The number of aromatic hydroxyl groups is 1. The van der Waals surface area contributed by atoms with Crippen LogP contribution < -0.4 is 9.91 Å². The van der Waals surface area contributed by atoms with Crippen molar-refractivity contribution in [3.8, 4) is 5.75 Å². The van der Waals surface area contributed by atoms with E-state index in [-0.39, 0.29) is 40.7 Å². The molecule has 1 saturated carbocycles. The topological polar surface area (TPSA) is 111 Å². The fourth-order valence-corrected chi connectivity index (χ4v) is 8.99. The number of aromatic nitrogens is 1. The summed E-state index contributed by atoms with van der Waals surface area (Å²) in [5.74, 6) is -8.92. The van der Waals surface area contributed by atoms with Crippen molar-refractivity contribution in [3.63, 3.8) is 0 Å². The number of hydrogen-bond acceptors (Lipinski definition) is 7. The van der Waals surface area contributed by atoms with Gasteiger partial charge in [0.15, 0.2) is 5.82 Å². The summed E-state index contributed by atoms with van der Waals surface area (Å²) in [5, 5.41) is 12.7. The summed E-state index contributed by atoms with van der Waals surface area (Å²) in [6.45, 7) is 5.38. The van der Waals surface area contributed by atoms with Crippen molar-refractivity contribution in [1.82, 2.24) is 9.99 Å². The van der Waals surface area contributed by atoms with Gasteiger partial charge in [-0.05, 0) is 68.0 Å². The molecule has 3 heterocycles. The number of pyridine rings is 1. The summed E-state index contributed by atoms with van der Waals surface area (Å²) >= 11 is 12.3. The molecule has 3 aromatic rings. The van der Waals surface area contributed by atoms with Crippen molar-refractivity contribution in [2.45, 2.75) is 38.3 Å². The average Bonchev–Trinajstić information content (AvgIpc) is 3.46. The Morgan fingerprint density at radius 1 is 1.04 bits per heavy atom. The molecule has 0 bridgehead atoms. The Labute approximate surface area is 305 Å². The zero-order chi connectivity index (χ0) is 37.6. The van der Waals surface area contributed by atoms with Gasteiger partial charge in [0.2, 0.25) is 11.8 Å². The smallest absolute Gasteiger partial charge is 0.433 e. The van der Waals surface area contributed by atoms with Gasteiger partial charge in [0.25, 0.3) is 11.8 Å². The van der Waals surface area contributed by atoms with Crippen molar-refractivity contribution >= 4 is 58.3 Å². The number of fused-ring (bicyclic) bond motifs is 4. The number of para-hydroxylation sites is 1. The van der Waals surface area contributed by atoms with E-state index in [2.05, 4.69) is 11.6 Å². The summed E-state index contributed by atoms with van der Waals surface area (Å²) in [6.07, 6.45) is -1.21. The van der Waals surface area contributed by atoms with Crippen molar-refractivity contribution in [2.75, 3.05) is 17.0 Å². The maximum atomic E-state index is 14.6. The molecule has 2 saturated heterocycles. The van der Waals surface area contributed by atoms with Gasteiger partial charge in [-0.25, -0.2) is 14.3 Å². The molecule has 4 aliphatic rings. The van der Waals surface area contributed by atoms with E-state index >= 15 is 0 Å². The normalized spacial score (nSPS) is 27.0. The van der Waals surface area contributed by atoms with E-state index in [1.54, 1.807) is 37.3 Å². The summed E-state index contributed by atoms with van der Waals surface area (Å²) in [6, 6.07) is 10.2. The predicted octanol–water partition coefficient (Wildman–Crippen LogP) is 7.26. The maximum absolute atomic E-state index is 14.6. The summed E-state index contributed by atoms with van der Waals surface area (Å²) in [5.41, 5.74) is -1.36. The van der Waals surface area contributed by atoms with E-state index in [0.717, 1.165) is 27.1 Å². The van der Waals surface area contributed by atoms with Crippen molar-refractivity contribution in [3.05, 3.63) is 106 Å². The van der Waals surface area contributed by atoms with Crippen LogP contribution in [-0.2, 0) is 31.8 Å². The number of carbonyl (C=O) groups excluding carboxylic acids is 4. The van der Waals surface area contributed by atoms with Gasteiger partial charge in [-0.2, -0.15) is 18.2 Å². The molecule has 0 spiro atoms. The number of allylic oxidation sites excluding steroid dienone is 3. The monoisotopic (exact) mass is 756 g/mol. The van der Waals surface area contributed by atoms with Crippen molar-refractivity contribution in [2.24, 2.45) is 29.1 Å². The largest absolute Gasteiger partial charge is 0.507 e. The van der Waals surface area contributed by atoms with Crippen LogP contribution in [0.15, 0.2) is 72.8 Å². The fourth-order valence-electron chi connectivity index (χ4n) is 8.58. The Morgan fingerprint density at radius 3 is 2.44 bits per heavy atom. The molecule has 4 amide bonds. The minimum absolute atomic E-state index is 0.0267. The molecule has 3 fully saturated rings. The van der Waals surface area contributed by atoms with Gasteiger partial charge in [0, 0.05) is 18.5 Å². The molecule has 15 heteroatoms. The number of benzene rings is 2. The number of imide groups is 2. The Hall–Kier alpha value is -4.75. The third kappa shape index (κ3) is 5.14. The molecule has 1 N–H and O–H groups in total. The van der Waals surface area contributed by atoms with E-state index in [0.29, 0.717) is 22.8 Å². The van der Waals surface area contributed by atoms with Crippen LogP contribution in [0.4, 0.5) is 29.1 Å². The second-order valence-electron chi connectivity index (χ2n) is 13.6. The molecule has 2 aromatic carbocycles. The molecule has 2 aliphatic carbocycles. The van der Waals surface area contributed by atoms with Crippen LogP contribution in [0.2, 0.25) is 10.0 Å². The molecule has 0 radical (unpaired) electrons. The second kappa shape index (κ2) is 12.4. The minimum atomic E-state index is -4.83. The zero-order valence-corrected chi connectivity index (χ0v) is 29.1. The number of hydrogen-bond donors (Lipinski definition) is 1. The highest BCUT2D eigenvalue weighted by Crippen LogP contribution is 2.64.